The van der Waals surface area contributed by atoms with E-state index in [-0.39, 0.29) is 23.3 Å². The van der Waals surface area contributed by atoms with E-state index >= 15 is 0 Å². The third-order valence-electron chi connectivity index (χ3n) is 7.70. The zero-order valence-electron chi connectivity index (χ0n) is 20.6. The molecule has 2 aromatic carbocycles. The van der Waals surface area contributed by atoms with Gasteiger partial charge in [0.05, 0.1) is 18.5 Å². The molecule has 0 spiro atoms. The maximum Gasteiger partial charge on any atom is 0.193 e. The van der Waals surface area contributed by atoms with Crippen LogP contribution in [0.1, 0.15) is 70.9 Å². The fourth-order valence-electron chi connectivity index (χ4n) is 5.40. The highest BCUT2D eigenvalue weighted by molar-refractivity contribution is 5.99. The summed E-state index contributed by atoms with van der Waals surface area (Å²) in [5.41, 5.74) is 2.10. The van der Waals surface area contributed by atoms with E-state index in [0.29, 0.717) is 6.42 Å². The van der Waals surface area contributed by atoms with E-state index in [2.05, 4.69) is 88.4 Å². The predicted molar refractivity (Wildman–Crippen MR) is 136 cm³/mol. The summed E-state index contributed by atoms with van der Waals surface area (Å²) in [6.45, 7) is 8.83. The van der Waals surface area contributed by atoms with Crippen molar-refractivity contribution in [3.63, 3.8) is 0 Å². The SMILES string of the molecule is CCC1(CC)OC(CC2=N[C@H](Cc3ccccc3)C(CC)(CC)O2)=N[C@@H]1Cc1ccccc1. The van der Waals surface area contributed by atoms with Crippen molar-refractivity contribution in [3.8, 4) is 0 Å². The molecule has 0 radical (unpaired) electrons. The first-order valence-electron chi connectivity index (χ1n) is 12.7. The first-order chi connectivity index (χ1) is 16.1. The molecule has 0 amide bonds. The fraction of sp³-hybridized carbons (Fsp3) is 0.517. The molecule has 4 rings (SSSR count). The molecule has 0 bridgehead atoms. The van der Waals surface area contributed by atoms with Crippen LogP contribution in [0, 0.1) is 0 Å². The second-order valence-electron chi connectivity index (χ2n) is 9.38. The topological polar surface area (TPSA) is 43.2 Å². The monoisotopic (exact) mass is 446 g/mol. The standard InChI is InChI=1S/C29H38N2O2/c1-5-28(6-2)24(19-22-15-11-9-12-16-22)30-26(32-28)21-27-31-25(29(7-3,8-4)33-27)20-23-17-13-10-14-18-23/h9-18,24-25H,5-8,19-21H2,1-4H3/t24-,25-/m1/s1. The minimum atomic E-state index is -0.250. The quantitative estimate of drug-likeness (QED) is 0.414. The molecule has 2 aromatic rings. The van der Waals surface area contributed by atoms with Crippen LogP contribution in [0.4, 0.5) is 0 Å². The maximum atomic E-state index is 6.57. The molecule has 0 saturated carbocycles. The third-order valence-corrected chi connectivity index (χ3v) is 7.70. The lowest BCUT2D eigenvalue weighted by atomic mass is 9.85. The minimum absolute atomic E-state index is 0.120. The van der Waals surface area contributed by atoms with Gasteiger partial charge in [0.1, 0.15) is 11.2 Å². The van der Waals surface area contributed by atoms with Crippen molar-refractivity contribution in [3.05, 3.63) is 71.8 Å². The van der Waals surface area contributed by atoms with Gasteiger partial charge in [-0.05, 0) is 49.7 Å². The van der Waals surface area contributed by atoms with Gasteiger partial charge in [-0.2, -0.15) is 0 Å². The molecule has 4 nitrogen and oxygen atoms in total. The second kappa shape index (κ2) is 10.1. The first kappa shape index (κ1) is 23.5. The van der Waals surface area contributed by atoms with Crippen molar-refractivity contribution < 1.29 is 9.47 Å². The normalized spacial score (nSPS) is 22.9. The molecule has 0 unspecified atom stereocenters. The summed E-state index contributed by atoms with van der Waals surface area (Å²) >= 11 is 0. The second-order valence-corrected chi connectivity index (χ2v) is 9.38. The van der Waals surface area contributed by atoms with Crippen LogP contribution in [-0.4, -0.2) is 35.1 Å². The van der Waals surface area contributed by atoms with Crippen molar-refractivity contribution in [2.24, 2.45) is 9.98 Å². The smallest absolute Gasteiger partial charge is 0.193 e. The Kier molecular flexibility index (Phi) is 7.21. The molecule has 4 heteroatoms. The maximum absolute atomic E-state index is 6.57. The van der Waals surface area contributed by atoms with Crippen molar-refractivity contribution in [1.82, 2.24) is 0 Å². The highest BCUT2D eigenvalue weighted by Gasteiger charge is 2.47. The van der Waals surface area contributed by atoms with Crippen LogP contribution in [0.2, 0.25) is 0 Å². The van der Waals surface area contributed by atoms with Gasteiger partial charge < -0.3 is 9.47 Å². The van der Waals surface area contributed by atoms with Gasteiger partial charge in [0.25, 0.3) is 0 Å². The van der Waals surface area contributed by atoms with Gasteiger partial charge in [-0.3, -0.25) is 0 Å². The van der Waals surface area contributed by atoms with Gasteiger partial charge >= 0.3 is 0 Å². The van der Waals surface area contributed by atoms with Crippen molar-refractivity contribution in [1.29, 1.82) is 0 Å². The number of hydrogen-bond donors (Lipinski definition) is 0. The Morgan fingerprint density at radius 1 is 0.606 bits per heavy atom. The largest absolute Gasteiger partial charge is 0.472 e. The van der Waals surface area contributed by atoms with E-state index in [1.54, 1.807) is 0 Å². The molecular weight excluding hydrogens is 408 g/mol. The summed E-state index contributed by atoms with van der Waals surface area (Å²) in [5, 5.41) is 0. The molecule has 2 aliphatic heterocycles. The number of rotatable bonds is 10. The van der Waals surface area contributed by atoms with Crippen LogP contribution in [0.15, 0.2) is 70.6 Å². The zero-order valence-corrected chi connectivity index (χ0v) is 20.6. The Morgan fingerprint density at radius 3 is 1.30 bits per heavy atom. The average Bonchev–Trinajstić information content (AvgIpc) is 3.38. The summed E-state index contributed by atoms with van der Waals surface area (Å²) in [6, 6.07) is 21.5. The van der Waals surface area contributed by atoms with Gasteiger partial charge in [0, 0.05) is 0 Å². The predicted octanol–water partition coefficient (Wildman–Crippen LogP) is 6.57. The average molecular weight is 447 g/mol. The number of ether oxygens (including phenoxy) is 2. The Morgan fingerprint density at radius 2 is 0.970 bits per heavy atom. The number of aliphatic imine (C=N–C) groups is 2. The molecule has 0 N–H and O–H groups in total. The van der Waals surface area contributed by atoms with Gasteiger partial charge in [-0.15, -0.1) is 0 Å². The number of benzene rings is 2. The van der Waals surface area contributed by atoms with Crippen molar-refractivity contribution in [2.45, 2.75) is 95.9 Å². The highest BCUT2D eigenvalue weighted by Crippen LogP contribution is 2.38. The summed E-state index contributed by atoms with van der Waals surface area (Å²) in [6.07, 6.45) is 6.07. The van der Waals surface area contributed by atoms with E-state index in [1.807, 2.05) is 0 Å². The van der Waals surface area contributed by atoms with Crippen LogP contribution < -0.4 is 0 Å². The van der Waals surface area contributed by atoms with Crippen molar-refractivity contribution >= 4 is 11.8 Å². The van der Waals surface area contributed by atoms with Crippen LogP contribution in [-0.2, 0) is 22.3 Å². The minimum Gasteiger partial charge on any atom is -0.472 e. The summed E-state index contributed by atoms with van der Waals surface area (Å²) in [4.78, 5) is 10.2. The van der Waals surface area contributed by atoms with Crippen molar-refractivity contribution in [2.75, 3.05) is 0 Å². The third kappa shape index (κ3) is 4.85. The van der Waals surface area contributed by atoms with Crippen LogP contribution in [0.25, 0.3) is 0 Å². The molecule has 33 heavy (non-hydrogen) atoms. The number of nitrogens with zero attached hydrogens (tertiary/aromatic N) is 2. The van der Waals surface area contributed by atoms with Crippen LogP contribution in [0.3, 0.4) is 0 Å². The van der Waals surface area contributed by atoms with E-state index in [1.165, 1.54) is 11.1 Å². The molecule has 0 aliphatic carbocycles. The van der Waals surface area contributed by atoms with E-state index in [0.717, 1.165) is 50.3 Å². The summed E-state index contributed by atoms with van der Waals surface area (Å²) < 4.78 is 13.1. The molecule has 0 fully saturated rings. The number of hydrogen-bond acceptors (Lipinski definition) is 4. The van der Waals surface area contributed by atoms with E-state index in [4.69, 9.17) is 19.5 Å². The molecule has 176 valence electrons. The lowest BCUT2D eigenvalue weighted by Gasteiger charge is -2.32. The Balaban J connectivity index is 1.54. The van der Waals surface area contributed by atoms with Gasteiger partial charge in [-0.1, -0.05) is 88.4 Å². The zero-order chi connectivity index (χ0) is 23.3. The molecule has 0 aromatic heterocycles. The molecule has 2 aliphatic rings. The van der Waals surface area contributed by atoms with Crippen LogP contribution in [0.5, 0.6) is 0 Å². The Bertz CT molecular complexity index is 880. The fourth-order valence-corrected chi connectivity index (χ4v) is 5.40. The summed E-state index contributed by atoms with van der Waals surface area (Å²) in [7, 11) is 0. The first-order valence-corrected chi connectivity index (χ1v) is 12.7. The summed E-state index contributed by atoms with van der Waals surface area (Å²) in [5.74, 6) is 1.56. The highest BCUT2D eigenvalue weighted by atomic mass is 16.5. The lowest BCUT2D eigenvalue weighted by Crippen LogP contribution is -2.41. The van der Waals surface area contributed by atoms with E-state index < -0.39 is 0 Å². The van der Waals surface area contributed by atoms with Gasteiger partial charge in [0.15, 0.2) is 11.8 Å². The Hall–Kier alpha value is -2.62. The van der Waals surface area contributed by atoms with Gasteiger partial charge in [-0.25, -0.2) is 9.98 Å². The Labute approximate surface area is 199 Å². The molecular formula is C29H38N2O2. The molecule has 0 saturated heterocycles. The molecule has 2 atom stereocenters. The van der Waals surface area contributed by atoms with Gasteiger partial charge in [0.2, 0.25) is 0 Å². The van der Waals surface area contributed by atoms with Crippen LogP contribution >= 0.6 is 0 Å². The molecule has 2 heterocycles. The van der Waals surface area contributed by atoms with E-state index in [9.17, 15) is 0 Å². The lowest BCUT2D eigenvalue weighted by molar-refractivity contribution is 0.0393.